The van der Waals surface area contributed by atoms with Crippen LogP contribution in [0.15, 0.2) is 0 Å². The third-order valence-electron chi connectivity index (χ3n) is 5.35. The Kier molecular flexibility index (Phi) is 12.8. The van der Waals surface area contributed by atoms with Crippen LogP contribution in [-0.2, 0) is 23.8 Å². The summed E-state index contributed by atoms with van der Waals surface area (Å²) in [4.78, 5) is 2.13. The van der Waals surface area contributed by atoms with Crippen molar-refractivity contribution >= 4 is 48.3 Å². The first-order chi connectivity index (χ1) is 13.3. The molecule has 2 unspecified atom stereocenters. The monoisotopic (exact) mass is 546 g/mol. The van der Waals surface area contributed by atoms with E-state index in [2.05, 4.69) is 29.9 Å². The van der Waals surface area contributed by atoms with Crippen molar-refractivity contribution in [2.75, 3.05) is 0 Å². The predicted molar refractivity (Wildman–Crippen MR) is 110 cm³/mol. The molecule has 2 aliphatic heterocycles. The van der Waals surface area contributed by atoms with E-state index in [9.17, 15) is 21.6 Å². The fourth-order valence-corrected chi connectivity index (χ4v) is 3.97. The third-order valence-corrected chi connectivity index (χ3v) is 6.39. The Morgan fingerprint density at radius 3 is 1.59 bits per heavy atom. The van der Waals surface area contributed by atoms with Gasteiger partial charge in [0.1, 0.15) is 15.7 Å². The molecule has 0 bridgehead atoms. The molecule has 0 N–H and O–H groups in total. The van der Waals surface area contributed by atoms with E-state index in [0.29, 0.717) is 24.4 Å². The quantitative estimate of drug-likeness (QED) is 0.309. The molecule has 0 aromatic rings. The molecule has 6 radical (unpaired) electrons. The van der Waals surface area contributed by atoms with Crippen LogP contribution in [0.5, 0.6) is 0 Å². The fourth-order valence-electron chi connectivity index (χ4n) is 3.28. The average molecular weight is 545 g/mol. The first-order valence-electron chi connectivity index (χ1n) is 9.66. The predicted octanol–water partition coefficient (Wildman–Crippen LogP) is 2.66. The van der Waals surface area contributed by atoms with Crippen molar-refractivity contribution in [1.29, 1.82) is 0 Å². The number of hydrogen-bond acceptors (Lipinski definition) is 5. The molecule has 29 heavy (non-hydrogen) atoms. The van der Waals surface area contributed by atoms with Gasteiger partial charge in [-0.25, -0.2) is 0 Å². The molecule has 0 spiro atoms. The molecular weight excluding hydrogens is 514 g/mol. The normalized spacial score (nSPS) is 37.3. The molecule has 5 nitrogen and oxygen atoms in total. The van der Waals surface area contributed by atoms with Crippen LogP contribution in [0.2, 0.25) is 4.94 Å². The number of ether oxygens (including phenoxy) is 2. The van der Waals surface area contributed by atoms with Crippen LogP contribution in [0.4, 0.5) is 13.2 Å². The second-order valence-electron chi connectivity index (χ2n) is 7.13. The van der Waals surface area contributed by atoms with Crippen molar-refractivity contribution in [3.05, 3.63) is 0 Å². The van der Waals surface area contributed by atoms with E-state index in [1.807, 2.05) is 0 Å². The molecule has 2 fully saturated rings. The van der Waals surface area contributed by atoms with Crippen LogP contribution in [0.1, 0.15) is 47.5 Å². The zero-order valence-corrected chi connectivity index (χ0v) is 22.0. The summed E-state index contributed by atoms with van der Waals surface area (Å²) in [6.07, 6.45) is 0.273. The van der Waals surface area contributed by atoms with Crippen molar-refractivity contribution in [3.8, 4) is 0 Å². The summed E-state index contributed by atoms with van der Waals surface area (Å²) in [5, 5.41) is 0. The number of alkyl halides is 3. The van der Waals surface area contributed by atoms with Gasteiger partial charge in [0, 0.05) is 17.9 Å². The van der Waals surface area contributed by atoms with Crippen LogP contribution in [0, 0.1) is 17.8 Å². The van der Waals surface area contributed by atoms with E-state index in [4.69, 9.17) is 25.2 Å². The fraction of sp³-hybridized carbons (Fsp3) is 1.00. The van der Waals surface area contributed by atoms with Gasteiger partial charge in [-0.15, -0.1) is 0 Å². The van der Waals surface area contributed by atoms with Gasteiger partial charge in [0.15, 0.2) is 0 Å². The molecular formula is C17H31B2F3O5SSn. The molecule has 2 rings (SSSR count). The molecule has 2 aliphatic rings. The molecule has 0 amide bonds. The summed E-state index contributed by atoms with van der Waals surface area (Å²) >= 11 is 1.35. The second kappa shape index (κ2) is 12.6. The molecule has 166 valence electrons. The number of halogens is 3. The van der Waals surface area contributed by atoms with E-state index in [1.165, 1.54) is 29.4 Å². The molecule has 12 heteroatoms. The van der Waals surface area contributed by atoms with E-state index >= 15 is 0 Å². The van der Waals surface area contributed by atoms with Gasteiger partial charge in [-0.05, 0) is 24.7 Å². The van der Waals surface area contributed by atoms with Crippen LogP contribution in [-0.4, -0.2) is 82.5 Å². The van der Waals surface area contributed by atoms with Crippen molar-refractivity contribution in [2.45, 2.75) is 88.2 Å². The molecule has 0 aromatic carbocycles. The van der Waals surface area contributed by atoms with E-state index in [-0.39, 0.29) is 6.00 Å². The van der Waals surface area contributed by atoms with Gasteiger partial charge < -0.3 is 9.47 Å². The van der Waals surface area contributed by atoms with Crippen molar-refractivity contribution < 1.29 is 35.2 Å². The van der Waals surface area contributed by atoms with Crippen LogP contribution in [0.25, 0.3) is 0 Å². The maximum atomic E-state index is 12.1. The summed E-state index contributed by atoms with van der Waals surface area (Å²) in [5.41, 5.74) is -5.45. The van der Waals surface area contributed by atoms with Crippen LogP contribution in [0.3, 0.4) is 0 Å². The zero-order chi connectivity index (χ0) is 23.2. The molecule has 8 atom stereocenters. The summed E-state index contributed by atoms with van der Waals surface area (Å²) in [7, 11) is 5.48. The van der Waals surface area contributed by atoms with Gasteiger partial charge in [0.05, 0.1) is 18.3 Å². The average Bonchev–Trinajstić information content (AvgIpc) is 3.06. The minimum absolute atomic E-state index is 0.0278. The Bertz CT molecular complexity index is 582. The van der Waals surface area contributed by atoms with E-state index in [0.717, 1.165) is 6.42 Å². The van der Waals surface area contributed by atoms with E-state index < -0.39 is 39.8 Å². The maximum absolute atomic E-state index is 12.1. The number of hydrogen-bond donors (Lipinski definition) is 0. The van der Waals surface area contributed by atoms with Crippen LogP contribution < -0.4 is 0 Å². The van der Waals surface area contributed by atoms with Gasteiger partial charge in [0.2, 0.25) is 0 Å². The van der Waals surface area contributed by atoms with Crippen LogP contribution >= 0.6 is 0 Å². The molecule has 2 heterocycles. The number of rotatable bonds is 4. The molecule has 0 saturated carbocycles. The zero-order valence-electron chi connectivity index (χ0n) is 17.8. The molecule has 0 aliphatic carbocycles. The molecule has 0 aromatic heterocycles. The summed E-state index contributed by atoms with van der Waals surface area (Å²) in [6, 6.07) is -1.20. The van der Waals surface area contributed by atoms with Gasteiger partial charge >= 0.3 is 43.1 Å². The third kappa shape index (κ3) is 7.87. The van der Waals surface area contributed by atoms with Crippen molar-refractivity contribution in [2.24, 2.45) is 17.8 Å². The van der Waals surface area contributed by atoms with Gasteiger partial charge in [0.25, 0.3) is 0 Å². The summed E-state index contributed by atoms with van der Waals surface area (Å²) in [6.45, 7) is 9.81. The molecule has 2 saturated heterocycles. The van der Waals surface area contributed by atoms with Crippen molar-refractivity contribution in [1.82, 2.24) is 0 Å². The summed E-state index contributed by atoms with van der Waals surface area (Å²) < 4.78 is 72.8. The topological polar surface area (TPSA) is 61.8 Å². The van der Waals surface area contributed by atoms with Crippen molar-refractivity contribution in [3.63, 3.8) is 0 Å². The minimum atomic E-state index is -5.64. The van der Waals surface area contributed by atoms with Gasteiger partial charge in [-0.1, -0.05) is 34.6 Å². The summed E-state index contributed by atoms with van der Waals surface area (Å²) in [5.74, 6) is 0.622. The van der Waals surface area contributed by atoms with Gasteiger partial charge in [-0.3, -0.25) is 4.18 Å². The van der Waals surface area contributed by atoms with E-state index in [1.54, 1.807) is 6.92 Å². The Morgan fingerprint density at radius 1 is 0.897 bits per heavy atom. The Hall–Kier alpha value is 0.549. The Morgan fingerprint density at radius 2 is 1.31 bits per heavy atom. The first-order valence-corrected chi connectivity index (χ1v) is 14.4. The SMILES string of the molecule is [B][C@@H]1O[C@H](CC)[C@H](C)C1C.[B][C@@H]1O[C@H](CC)[C@H](C)C1OS(=O)(=O)C(F)(F)F.[CH3][SnH]. The van der Waals surface area contributed by atoms with Gasteiger partial charge in [-0.2, -0.15) is 21.6 Å². The Balaban J connectivity index is 0.000000554. The second-order valence-corrected chi connectivity index (χ2v) is 8.70. The standard InChI is InChI=1S/C8H12BF3O4S.C8H15BO.CH3.Sn.H/c1-3-5-4(2)6(7(9)15-5)16-17(13,14)8(10,11)12;1-4-7-5(2)6(3)8(9)10-7;;;/h4-7H,3H2,1-2H3;5-8H,4H2,1-3H3;1H3;;/t4-,5+,6?,7+;5-,6?,7-,8-;;;/m01.../s1. The Labute approximate surface area is 189 Å². The first kappa shape index (κ1) is 29.5.